The van der Waals surface area contributed by atoms with Crippen LogP contribution < -0.4 is 15.5 Å². The molecule has 0 unspecified atom stereocenters. The molecule has 0 spiro atoms. The zero-order chi connectivity index (χ0) is 13.8. The van der Waals surface area contributed by atoms with E-state index >= 15 is 0 Å². The van der Waals surface area contributed by atoms with Crippen LogP contribution in [0.15, 0.2) is 28.0 Å². The van der Waals surface area contributed by atoms with Gasteiger partial charge in [0.2, 0.25) is 11.5 Å². The Morgan fingerprint density at radius 1 is 1.53 bits per heavy atom. The van der Waals surface area contributed by atoms with E-state index in [0.29, 0.717) is 11.2 Å². The van der Waals surface area contributed by atoms with Crippen molar-refractivity contribution in [3.05, 3.63) is 29.7 Å². The smallest absolute Gasteiger partial charge is 0.287 e. The maximum Gasteiger partial charge on any atom is 0.287 e. The Kier molecular flexibility index (Phi) is 3.64. The van der Waals surface area contributed by atoms with Crippen molar-refractivity contribution in [2.24, 2.45) is 5.16 Å². The van der Waals surface area contributed by atoms with E-state index in [1.807, 2.05) is 0 Å². The van der Waals surface area contributed by atoms with E-state index < -0.39 is 0 Å². The molecule has 0 fully saturated rings. The fourth-order valence-electron chi connectivity index (χ4n) is 1.45. The molecule has 98 valence electrons. The van der Waals surface area contributed by atoms with Crippen molar-refractivity contribution >= 4 is 24.8 Å². The summed E-state index contributed by atoms with van der Waals surface area (Å²) < 4.78 is 22.5. The summed E-state index contributed by atoms with van der Waals surface area (Å²) in [6.45, 7) is 0. The predicted molar refractivity (Wildman–Crippen MR) is 67.4 cm³/mol. The highest BCUT2D eigenvalue weighted by atomic mass is 19.1. The maximum absolute atomic E-state index is 13.1. The lowest BCUT2D eigenvalue weighted by Crippen LogP contribution is -2.17. The van der Waals surface area contributed by atoms with Gasteiger partial charge in [-0.2, -0.15) is 0 Å². The van der Waals surface area contributed by atoms with Gasteiger partial charge in [0.25, 0.3) is 5.88 Å². The fourth-order valence-corrected chi connectivity index (χ4v) is 1.45. The number of methoxy groups -OCH3 is 1. The highest BCUT2D eigenvalue weighted by Gasteiger charge is 2.18. The topological polar surface area (TPSA) is 92.8 Å². The Bertz CT molecular complexity index is 617. The first kappa shape index (κ1) is 12.9. The molecule has 0 bridgehead atoms. The van der Waals surface area contributed by atoms with Gasteiger partial charge in [-0.15, -0.1) is 0 Å². The quantitative estimate of drug-likeness (QED) is 0.260. The number of aromatic nitrogens is 2. The van der Waals surface area contributed by atoms with Gasteiger partial charge >= 0.3 is 0 Å². The largest absolute Gasteiger partial charge is 0.477 e. The summed E-state index contributed by atoms with van der Waals surface area (Å²) in [5.41, 5.74) is 1.08. The normalized spacial score (nSPS) is 11.4. The second-order valence-electron chi connectivity index (χ2n) is 3.66. The summed E-state index contributed by atoms with van der Waals surface area (Å²) in [6.07, 6.45) is 0. The maximum atomic E-state index is 13.1. The Balaban J connectivity index is 2.27. The zero-order valence-electron chi connectivity index (χ0n) is 10.2. The number of hydrogen-bond acceptors (Lipinski definition) is 6. The van der Waals surface area contributed by atoms with E-state index in [4.69, 9.17) is 9.94 Å². The second kappa shape index (κ2) is 5.38. The number of ether oxygens (including phenoxy) is 1. The lowest BCUT2D eigenvalue weighted by atomic mass is 9.95. The Morgan fingerprint density at radius 3 is 2.95 bits per heavy atom. The van der Waals surface area contributed by atoms with Crippen LogP contribution in [0.3, 0.4) is 0 Å². The minimum absolute atomic E-state index is 0.0240. The van der Waals surface area contributed by atoms with Crippen LogP contribution in [0, 0.1) is 5.82 Å². The van der Waals surface area contributed by atoms with E-state index in [2.05, 4.69) is 25.4 Å². The highest BCUT2D eigenvalue weighted by Crippen LogP contribution is 2.15. The summed E-state index contributed by atoms with van der Waals surface area (Å²) in [7, 11) is 2.99. The molecule has 19 heavy (non-hydrogen) atoms. The number of rotatable bonds is 3. The molecule has 2 N–H and O–H groups in total. The van der Waals surface area contributed by atoms with E-state index in [1.54, 1.807) is 13.9 Å². The van der Waals surface area contributed by atoms with Crippen LogP contribution in [0.5, 0.6) is 5.88 Å². The van der Waals surface area contributed by atoms with Crippen molar-refractivity contribution in [2.75, 3.05) is 12.4 Å². The van der Waals surface area contributed by atoms with Crippen LogP contribution in [0.25, 0.3) is 0 Å². The van der Waals surface area contributed by atoms with E-state index in [-0.39, 0.29) is 23.2 Å². The molecule has 0 saturated heterocycles. The summed E-state index contributed by atoms with van der Waals surface area (Å²) in [5.74, 6) is -0.281. The molecule has 0 aliphatic rings. The average Bonchev–Trinajstić information content (AvgIpc) is 2.88. The molecule has 0 aliphatic heterocycles. The van der Waals surface area contributed by atoms with Crippen LogP contribution >= 0.6 is 0 Å². The van der Waals surface area contributed by atoms with Crippen LogP contribution in [0.1, 0.15) is 5.69 Å². The number of nitrogens with one attached hydrogen (secondary N) is 1. The first-order chi connectivity index (χ1) is 9.15. The number of anilines is 1. The van der Waals surface area contributed by atoms with Gasteiger partial charge in [-0.3, -0.25) is 0 Å². The van der Waals surface area contributed by atoms with Crippen LogP contribution in [0.4, 0.5) is 10.1 Å². The second-order valence-corrected chi connectivity index (χ2v) is 3.66. The minimum atomic E-state index is -0.325. The molecule has 0 aliphatic carbocycles. The molecule has 7 nitrogen and oxygen atoms in total. The lowest BCUT2D eigenvalue weighted by molar-refractivity contribution is 0.281. The predicted octanol–water partition coefficient (Wildman–Crippen LogP) is -0.276. The Morgan fingerprint density at radius 2 is 2.32 bits per heavy atom. The van der Waals surface area contributed by atoms with Gasteiger partial charge in [0.05, 0.1) is 7.11 Å². The van der Waals surface area contributed by atoms with Crippen LogP contribution in [-0.4, -0.2) is 36.3 Å². The van der Waals surface area contributed by atoms with Crippen molar-refractivity contribution in [3.63, 3.8) is 0 Å². The number of oxime groups is 1. The van der Waals surface area contributed by atoms with E-state index in [1.165, 1.54) is 19.2 Å². The van der Waals surface area contributed by atoms with Crippen LogP contribution in [-0.2, 0) is 0 Å². The molecule has 1 heterocycles. The first-order valence-corrected chi connectivity index (χ1v) is 5.28. The first-order valence-electron chi connectivity index (χ1n) is 5.28. The molecule has 0 atom stereocenters. The van der Waals surface area contributed by atoms with Crippen molar-refractivity contribution in [2.45, 2.75) is 0 Å². The highest BCUT2D eigenvalue weighted by molar-refractivity contribution is 6.32. The van der Waals surface area contributed by atoms with Crippen LogP contribution in [0.2, 0.25) is 0 Å². The van der Waals surface area contributed by atoms with Gasteiger partial charge in [0.1, 0.15) is 13.7 Å². The third-order valence-electron chi connectivity index (χ3n) is 2.40. The van der Waals surface area contributed by atoms with Gasteiger partial charge in [-0.25, -0.2) is 9.02 Å². The number of halogens is 1. The van der Waals surface area contributed by atoms with E-state index in [0.717, 1.165) is 0 Å². The summed E-state index contributed by atoms with van der Waals surface area (Å²) in [4.78, 5) is 0. The Labute approximate surface area is 108 Å². The summed E-state index contributed by atoms with van der Waals surface area (Å²) in [5, 5.41) is 21.8. The van der Waals surface area contributed by atoms with Crippen molar-refractivity contribution in [3.8, 4) is 5.88 Å². The van der Waals surface area contributed by atoms with Crippen molar-refractivity contribution in [1.82, 2.24) is 10.3 Å². The molecule has 0 radical (unpaired) electrons. The van der Waals surface area contributed by atoms with Gasteiger partial charge < -0.3 is 15.3 Å². The van der Waals surface area contributed by atoms with E-state index in [9.17, 15) is 4.39 Å². The van der Waals surface area contributed by atoms with Gasteiger partial charge in [0, 0.05) is 5.69 Å². The van der Waals surface area contributed by atoms with Crippen molar-refractivity contribution in [1.29, 1.82) is 0 Å². The molecule has 0 saturated carbocycles. The monoisotopic (exact) mass is 264 g/mol. The number of hydrogen-bond donors (Lipinski definition) is 2. The molecule has 9 heteroatoms. The minimum Gasteiger partial charge on any atom is -0.477 e. The third-order valence-corrected chi connectivity index (χ3v) is 2.40. The van der Waals surface area contributed by atoms with Gasteiger partial charge in [-0.05, 0) is 28.5 Å². The number of amidine groups is 1. The van der Waals surface area contributed by atoms with Gasteiger partial charge in [0.15, 0.2) is 0 Å². The summed E-state index contributed by atoms with van der Waals surface area (Å²) in [6, 6.07) is 4.35. The molecule has 0 amide bonds. The standard InChI is InChI=1S/C10H10BFN4O3/c1-18-10-8(15-19-16-10)9(14-17)13-5-2-3-7(12)6(11)4-5/h2-4,17H,11H2,1H3,(H,13,14). The Hall–Kier alpha value is -2.58. The lowest BCUT2D eigenvalue weighted by Gasteiger charge is -2.07. The average molecular weight is 264 g/mol. The number of nitrogens with zero attached hydrogens (tertiary/aromatic N) is 3. The van der Waals surface area contributed by atoms with Crippen molar-refractivity contribution < 1.29 is 19.0 Å². The fraction of sp³-hybridized carbons (Fsp3) is 0.100. The molecular formula is C10H10BFN4O3. The molecule has 2 aromatic rings. The third kappa shape index (κ3) is 2.64. The molecular weight excluding hydrogens is 254 g/mol. The number of benzene rings is 1. The van der Waals surface area contributed by atoms with Gasteiger partial charge in [-0.1, -0.05) is 10.6 Å². The summed E-state index contributed by atoms with van der Waals surface area (Å²) >= 11 is 0. The molecule has 2 rings (SSSR count). The molecule has 1 aromatic carbocycles. The zero-order valence-corrected chi connectivity index (χ0v) is 10.2. The SMILES string of the molecule is Bc1cc(N/C(=N\O)c2nonc2OC)ccc1F. The molecule has 1 aromatic heterocycles.